The molecule has 6 rings (SSSR count). The van der Waals surface area contributed by atoms with Gasteiger partial charge in [-0.05, 0) is 81.8 Å². The molecule has 4 fully saturated rings. The number of amides is 3. The number of hydrogen-bond acceptors (Lipinski definition) is 5. The number of anilines is 1. The highest BCUT2D eigenvalue weighted by Gasteiger charge is 2.72. The molecule has 1 aliphatic carbocycles. The van der Waals surface area contributed by atoms with Crippen LogP contribution in [0.25, 0.3) is 0 Å². The molecule has 1 spiro atoms. The van der Waals surface area contributed by atoms with Crippen molar-refractivity contribution in [3.05, 3.63) is 42.0 Å². The van der Waals surface area contributed by atoms with Gasteiger partial charge in [-0.25, -0.2) is 0 Å². The molecule has 2 bridgehead atoms. The van der Waals surface area contributed by atoms with Gasteiger partial charge >= 0.3 is 0 Å². The smallest absolute Gasteiger partial charge is 0.246 e. The van der Waals surface area contributed by atoms with Crippen LogP contribution in [0.5, 0.6) is 0 Å². The highest BCUT2D eigenvalue weighted by atomic mass is 16.5. The monoisotopic (exact) mass is 548 g/mol. The molecular weight excluding hydrogens is 504 g/mol. The van der Waals surface area contributed by atoms with Gasteiger partial charge in [-0.1, -0.05) is 51.0 Å². The molecule has 4 aliphatic heterocycles. The van der Waals surface area contributed by atoms with Crippen LogP contribution in [0.3, 0.4) is 0 Å². The second-order valence-corrected chi connectivity index (χ2v) is 12.9. The van der Waals surface area contributed by atoms with Crippen molar-refractivity contribution in [2.24, 2.45) is 23.7 Å². The molecular formula is C32H44N4O4. The lowest BCUT2D eigenvalue weighted by Crippen LogP contribution is -2.58. The molecule has 5 aliphatic rings. The predicted octanol–water partition coefficient (Wildman–Crippen LogP) is 3.51. The summed E-state index contributed by atoms with van der Waals surface area (Å²) >= 11 is 0. The van der Waals surface area contributed by atoms with Crippen molar-refractivity contribution in [1.29, 1.82) is 0 Å². The Morgan fingerprint density at radius 3 is 2.65 bits per heavy atom. The van der Waals surface area contributed by atoms with Gasteiger partial charge < -0.3 is 25.2 Å². The Labute approximate surface area is 237 Å². The number of ether oxygens (including phenoxy) is 1. The highest BCUT2D eigenvalue weighted by molar-refractivity contribution is 6.02. The van der Waals surface area contributed by atoms with Crippen LogP contribution in [0.15, 0.2) is 36.4 Å². The molecule has 3 saturated heterocycles. The van der Waals surface area contributed by atoms with Crippen molar-refractivity contribution in [3.8, 4) is 0 Å². The van der Waals surface area contributed by atoms with Gasteiger partial charge in [0, 0.05) is 18.3 Å². The Bertz CT molecular complexity index is 1180. The summed E-state index contributed by atoms with van der Waals surface area (Å²) in [5.74, 6) is -0.984. The SMILES string of the molecule is Cc1cccc(NC(=O)[C@H]2[C@H]3C=C[C@@]4(O3)[C@H]2C(=O)N(CCCN2CCCC2)[C@@H]4C(=O)N[C@@H]2CCC[C@H](C)[C@@H]2C)c1. The summed E-state index contributed by atoms with van der Waals surface area (Å²) in [7, 11) is 0. The van der Waals surface area contributed by atoms with Crippen LogP contribution in [0.2, 0.25) is 0 Å². The van der Waals surface area contributed by atoms with E-state index in [0.29, 0.717) is 24.1 Å². The predicted molar refractivity (Wildman–Crippen MR) is 153 cm³/mol. The number of likely N-dealkylation sites (tertiary alicyclic amines) is 2. The molecule has 216 valence electrons. The summed E-state index contributed by atoms with van der Waals surface area (Å²) in [5.41, 5.74) is 0.633. The standard InChI is InChI=1S/C32H44N4O4/c1-20-9-6-11-23(19-20)33-29(37)26-25-13-14-32(40-25)27(26)31(39)36(18-8-17-35-15-4-5-16-35)28(32)30(38)34-24-12-7-10-21(2)22(24)3/h6,9,11,13-14,19,21-22,24-28H,4-5,7-8,10,12,15-18H2,1-3H3,(H,33,37)(H,34,38)/t21-,22-,24+,25+,26-,27+,28+,32+/m0/s1. The van der Waals surface area contributed by atoms with Gasteiger partial charge in [0.05, 0.1) is 17.9 Å². The Morgan fingerprint density at radius 2 is 1.88 bits per heavy atom. The fourth-order valence-electron chi connectivity index (χ4n) is 7.97. The summed E-state index contributed by atoms with van der Waals surface area (Å²) in [5, 5.41) is 6.37. The first kappa shape index (κ1) is 27.5. The lowest BCUT2D eigenvalue weighted by molar-refractivity contribution is -0.141. The van der Waals surface area contributed by atoms with Gasteiger partial charge in [-0.3, -0.25) is 14.4 Å². The van der Waals surface area contributed by atoms with Crippen LogP contribution in [0.4, 0.5) is 5.69 Å². The number of hydrogen-bond donors (Lipinski definition) is 2. The van der Waals surface area contributed by atoms with Crippen LogP contribution in [-0.4, -0.2) is 77.5 Å². The third-order valence-corrected chi connectivity index (χ3v) is 10.3. The van der Waals surface area contributed by atoms with Crippen molar-refractivity contribution in [1.82, 2.24) is 15.1 Å². The molecule has 8 heteroatoms. The summed E-state index contributed by atoms with van der Waals surface area (Å²) < 4.78 is 6.52. The van der Waals surface area contributed by atoms with Gasteiger partial charge in [0.25, 0.3) is 0 Å². The van der Waals surface area contributed by atoms with E-state index in [0.717, 1.165) is 44.5 Å². The largest absolute Gasteiger partial charge is 0.359 e. The fraction of sp³-hybridized carbons (Fsp3) is 0.656. The van der Waals surface area contributed by atoms with Crippen LogP contribution in [-0.2, 0) is 19.1 Å². The molecule has 0 aromatic heterocycles. The van der Waals surface area contributed by atoms with E-state index < -0.39 is 29.6 Å². The Morgan fingerprint density at radius 1 is 1.07 bits per heavy atom. The molecule has 0 unspecified atom stereocenters. The van der Waals surface area contributed by atoms with Crippen LogP contribution >= 0.6 is 0 Å². The van der Waals surface area contributed by atoms with Crippen LogP contribution in [0, 0.1) is 30.6 Å². The number of rotatable bonds is 8. The maximum atomic E-state index is 14.2. The van der Waals surface area contributed by atoms with E-state index in [1.807, 2.05) is 43.3 Å². The molecule has 0 radical (unpaired) electrons. The maximum absolute atomic E-state index is 14.2. The maximum Gasteiger partial charge on any atom is 0.246 e. The highest BCUT2D eigenvalue weighted by Crippen LogP contribution is 2.55. The first-order valence-electron chi connectivity index (χ1n) is 15.4. The molecule has 4 heterocycles. The van der Waals surface area contributed by atoms with Crippen molar-refractivity contribution in [2.75, 3.05) is 31.5 Å². The van der Waals surface area contributed by atoms with E-state index in [9.17, 15) is 14.4 Å². The molecule has 1 saturated carbocycles. The second kappa shape index (κ2) is 10.9. The van der Waals surface area contributed by atoms with E-state index >= 15 is 0 Å². The minimum atomic E-state index is -1.11. The van der Waals surface area contributed by atoms with E-state index in [1.54, 1.807) is 4.90 Å². The number of nitrogens with one attached hydrogen (secondary N) is 2. The van der Waals surface area contributed by atoms with Gasteiger partial charge in [0.2, 0.25) is 17.7 Å². The summed E-state index contributed by atoms with van der Waals surface area (Å²) in [4.78, 5) is 46.2. The first-order valence-corrected chi connectivity index (χ1v) is 15.4. The number of fused-ring (bicyclic) bond motifs is 1. The molecule has 40 heavy (non-hydrogen) atoms. The quantitative estimate of drug-likeness (QED) is 0.486. The minimum absolute atomic E-state index is 0.0799. The van der Waals surface area contributed by atoms with Crippen molar-refractivity contribution in [3.63, 3.8) is 0 Å². The molecule has 8 nitrogen and oxygen atoms in total. The topological polar surface area (TPSA) is 91.0 Å². The molecule has 1 aromatic carbocycles. The summed E-state index contributed by atoms with van der Waals surface area (Å²) in [6.07, 6.45) is 9.73. The van der Waals surface area contributed by atoms with Crippen molar-refractivity contribution in [2.45, 2.75) is 83.1 Å². The van der Waals surface area contributed by atoms with Gasteiger partial charge in [-0.2, -0.15) is 0 Å². The van der Waals surface area contributed by atoms with Gasteiger partial charge in [0.15, 0.2) is 0 Å². The zero-order valence-corrected chi connectivity index (χ0v) is 24.1. The molecule has 1 aromatic rings. The van der Waals surface area contributed by atoms with Crippen LogP contribution in [0.1, 0.15) is 57.9 Å². The van der Waals surface area contributed by atoms with E-state index in [4.69, 9.17) is 4.74 Å². The normalized spacial score (nSPS) is 36.7. The number of benzene rings is 1. The van der Waals surface area contributed by atoms with Gasteiger partial charge in [-0.15, -0.1) is 0 Å². The zero-order valence-electron chi connectivity index (χ0n) is 24.1. The average molecular weight is 549 g/mol. The number of carbonyl (C=O) groups is 3. The fourth-order valence-corrected chi connectivity index (χ4v) is 7.97. The van der Waals surface area contributed by atoms with Crippen molar-refractivity contribution >= 4 is 23.4 Å². The zero-order chi connectivity index (χ0) is 28.0. The Balaban J connectivity index is 1.26. The minimum Gasteiger partial charge on any atom is -0.359 e. The third-order valence-electron chi connectivity index (χ3n) is 10.3. The molecule has 8 atom stereocenters. The molecule has 2 N–H and O–H groups in total. The second-order valence-electron chi connectivity index (χ2n) is 12.9. The third kappa shape index (κ3) is 4.77. The van der Waals surface area contributed by atoms with E-state index in [2.05, 4.69) is 29.4 Å². The lowest BCUT2D eigenvalue weighted by Gasteiger charge is -2.38. The number of nitrogens with zero attached hydrogens (tertiary/aromatic N) is 2. The van der Waals surface area contributed by atoms with Crippen LogP contribution < -0.4 is 10.6 Å². The summed E-state index contributed by atoms with van der Waals surface area (Å²) in [6, 6.07) is 6.96. The average Bonchev–Trinajstić information content (AvgIpc) is 3.70. The van der Waals surface area contributed by atoms with E-state index in [1.165, 1.54) is 19.3 Å². The van der Waals surface area contributed by atoms with Crippen molar-refractivity contribution < 1.29 is 19.1 Å². The number of carbonyl (C=O) groups excluding carboxylic acids is 3. The van der Waals surface area contributed by atoms with Gasteiger partial charge in [0.1, 0.15) is 11.6 Å². The van der Waals surface area contributed by atoms with E-state index in [-0.39, 0.29) is 23.8 Å². The summed E-state index contributed by atoms with van der Waals surface area (Å²) in [6.45, 7) is 10.0. The number of aryl methyl sites for hydroxylation is 1. The first-order chi connectivity index (χ1) is 19.3. The Kier molecular flexibility index (Phi) is 7.51. The lowest BCUT2D eigenvalue weighted by atomic mass is 9.73. The molecule has 3 amide bonds. The Hall–Kier alpha value is -2.71.